The molecule has 0 amide bonds. The molecule has 3 unspecified atom stereocenters. The molecule has 4 heteroatoms. The first-order valence-corrected chi connectivity index (χ1v) is 12.5. The third-order valence-corrected chi connectivity index (χ3v) is 7.08. The Labute approximate surface area is 192 Å². The van der Waals surface area contributed by atoms with Gasteiger partial charge in [0.25, 0.3) is 0 Å². The molecule has 0 saturated carbocycles. The van der Waals surface area contributed by atoms with Gasteiger partial charge < -0.3 is 20.9 Å². The summed E-state index contributed by atoms with van der Waals surface area (Å²) in [4.78, 5) is 2.43. The van der Waals surface area contributed by atoms with E-state index in [0.29, 0.717) is 17.5 Å². The number of nitrogens with zero attached hydrogens (tertiary/aromatic N) is 1. The summed E-state index contributed by atoms with van der Waals surface area (Å²) >= 11 is 0. The van der Waals surface area contributed by atoms with E-state index in [1.165, 1.54) is 30.5 Å². The Morgan fingerprint density at radius 1 is 0.903 bits per heavy atom. The molecule has 3 heterocycles. The first kappa shape index (κ1) is 26.3. The highest BCUT2D eigenvalue weighted by atomic mass is 15.2. The highest BCUT2D eigenvalue weighted by molar-refractivity contribution is 5.29. The Hall–Kier alpha value is -0.940. The zero-order valence-electron chi connectivity index (χ0n) is 21.6. The Kier molecular flexibility index (Phi) is 10.5. The van der Waals surface area contributed by atoms with Crippen LogP contribution in [0, 0.1) is 17.3 Å². The van der Waals surface area contributed by atoms with E-state index in [1.807, 2.05) is 0 Å². The molecule has 2 fully saturated rings. The average molecular weight is 431 g/mol. The van der Waals surface area contributed by atoms with Gasteiger partial charge in [0.2, 0.25) is 0 Å². The molecule has 178 valence electrons. The highest BCUT2D eigenvalue weighted by Crippen LogP contribution is 2.31. The smallest absolute Gasteiger partial charge is 0.0215 e. The molecule has 3 atom stereocenters. The lowest BCUT2D eigenvalue weighted by Gasteiger charge is -2.46. The average Bonchev–Trinajstić information content (AvgIpc) is 2.72. The summed E-state index contributed by atoms with van der Waals surface area (Å²) in [5, 5.41) is 10.4. The highest BCUT2D eigenvalue weighted by Gasteiger charge is 2.34. The number of nitrogens with one attached hydrogen (secondary N) is 3. The summed E-state index contributed by atoms with van der Waals surface area (Å²) in [7, 11) is 2.21. The number of hydrogen-bond donors (Lipinski definition) is 3. The molecule has 31 heavy (non-hydrogen) atoms. The maximum absolute atomic E-state index is 3.57. The molecule has 3 aliphatic rings. The third kappa shape index (κ3) is 8.49. The molecule has 0 radical (unpaired) electrons. The Balaban J connectivity index is 0.000000170. The van der Waals surface area contributed by atoms with E-state index in [2.05, 4.69) is 101 Å². The summed E-state index contributed by atoms with van der Waals surface area (Å²) in [5.74, 6) is 1.49. The molecule has 3 N–H and O–H groups in total. The van der Waals surface area contributed by atoms with Crippen molar-refractivity contribution in [1.82, 2.24) is 20.9 Å². The zero-order valence-corrected chi connectivity index (χ0v) is 21.6. The van der Waals surface area contributed by atoms with Crippen LogP contribution < -0.4 is 16.0 Å². The summed E-state index contributed by atoms with van der Waals surface area (Å²) in [6.07, 6.45) is 2.58. The lowest BCUT2D eigenvalue weighted by molar-refractivity contribution is 0.0360. The van der Waals surface area contributed by atoms with Crippen molar-refractivity contribution < 1.29 is 0 Å². The van der Waals surface area contributed by atoms with Crippen molar-refractivity contribution in [2.24, 2.45) is 17.3 Å². The second-order valence-corrected chi connectivity index (χ2v) is 11.4. The van der Waals surface area contributed by atoms with Crippen LogP contribution in [0.1, 0.15) is 66.0 Å². The Bertz CT molecular complexity index is 628. The number of benzene rings is 1. The minimum atomic E-state index is 0.493. The summed E-state index contributed by atoms with van der Waals surface area (Å²) in [5.41, 5.74) is 3.49. The SMILES string of the molecule is CC(C)C1CNCCN1.CC(C)C1Cc2ccccc2CN1.CN1CCC1C(C)(C)C. The first-order valence-electron chi connectivity index (χ1n) is 12.5. The van der Waals surface area contributed by atoms with Crippen LogP contribution in [0.4, 0.5) is 0 Å². The molecule has 0 aliphatic carbocycles. The van der Waals surface area contributed by atoms with Crippen molar-refractivity contribution in [3.63, 3.8) is 0 Å². The molecule has 4 nitrogen and oxygen atoms in total. The van der Waals surface area contributed by atoms with Crippen LogP contribution in [0.5, 0.6) is 0 Å². The van der Waals surface area contributed by atoms with Crippen LogP contribution in [-0.2, 0) is 13.0 Å². The van der Waals surface area contributed by atoms with E-state index in [9.17, 15) is 0 Å². The van der Waals surface area contributed by atoms with Crippen molar-refractivity contribution in [3.05, 3.63) is 35.4 Å². The summed E-state index contributed by atoms with van der Waals surface area (Å²) in [6, 6.07) is 10.9. The number of piperazine rings is 1. The third-order valence-electron chi connectivity index (χ3n) is 7.08. The molecule has 3 aliphatic heterocycles. The second-order valence-electron chi connectivity index (χ2n) is 11.4. The molecule has 1 aromatic rings. The number of fused-ring (bicyclic) bond motifs is 1. The van der Waals surface area contributed by atoms with Gasteiger partial charge in [0.15, 0.2) is 0 Å². The molecular formula is C27H50N4. The molecular weight excluding hydrogens is 380 g/mol. The predicted octanol–water partition coefficient (Wildman–Crippen LogP) is 4.30. The van der Waals surface area contributed by atoms with Crippen LogP contribution in [0.25, 0.3) is 0 Å². The number of hydrogen-bond acceptors (Lipinski definition) is 4. The minimum Gasteiger partial charge on any atom is -0.314 e. The van der Waals surface area contributed by atoms with Crippen molar-refractivity contribution in [2.75, 3.05) is 33.2 Å². The Morgan fingerprint density at radius 2 is 1.55 bits per heavy atom. The maximum atomic E-state index is 3.57. The first-order chi connectivity index (χ1) is 14.6. The van der Waals surface area contributed by atoms with Crippen molar-refractivity contribution in [2.45, 2.75) is 86.0 Å². The van der Waals surface area contributed by atoms with E-state index < -0.39 is 0 Å². The van der Waals surface area contributed by atoms with E-state index in [0.717, 1.165) is 44.1 Å². The summed E-state index contributed by atoms with van der Waals surface area (Å²) < 4.78 is 0. The lowest BCUT2D eigenvalue weighted by atomic mass is 9.80. The largest absolute Gasteiger partial charge is 0.314 e. The number of rotatable bonds is 2. The van der Waals surface area contributed by atoms with Crippen molar-refractivity contribution in [1.29, 1.82) is 0 Å². The topological polar surface area (TPSA) is 39.3 Å². The van der Waals surface area contributed by atoms with Crippen LogP contribution in [0.2, 0.25) is 0 Å². The quantitative estimate of drug-likeness (QED) is 0.654. The van der Waals surface area contributed by atoms with Crippen LogP contribution in [0.15, 0.2) is 24.3 Å². The predicted molar refractivity (Wildman–Crippen MR) is 136 cm³/mol. The van der Waals surface area contributed by atoms with Gasteiger partial charge in [0.1, 0.15) is 0 Å². The fourth-order valence-corrected chi connectivity index (χ4v) is 4.71. The van der Waals surface area contributed by atoms with Crippen molar-refractivity contribution in [3.8, 4) is 0 Å². The van der Waals surface area contributed by atoms with Gasteiger partial charge in [-0.3, -0.25) is 0 Å². The maximum Gasteiger partial charge on any atom is 0.0215 e. The number of likely N-dealkylation sites (tertiary alicyclic amines) is 1. The minimum absolute atomic E-state index is 0.493. The fraction of sp³-hybridized carbons (Fsp3) is 0.778. The lowest BCUT2D eigenvalue weighted by Crippen LogP contribution is -2.51. The second kappa shape index (κ2) is 12.3. The molecule has 2 saturated heterocycles. The Morgan fingerprint density at radius 3 is 1.94 bits per heavy atom. The van der Waals surface area contributed by atoms with Crippen LogP contribution in [-0.4, -0.2) is 56.3 Å². The van der Waals surface area contributed by atoms with Gasteiger partial charge in [-0.1, -0.05) is 72.7 Å². The monoisotopic (exact) mass is 430 g/mol. The van der Waals surface area contributed by atoms with Gasteiger partial charge >= 0.3 is 0 Å². The normalized spacial score (nSPS) is 26.2. The van der Waals surface area contributed by atoms with Gasteiger partial charge in [-0.05, 0) is 54.8 Å². The van der Waals surface area contributed by atoms with Crippen LogP contribution >= 0.6 is 0 Å². The van der Waals surface area contributed by atoms with E-state index >= 15 is 0 Å². The summed E-state index contributed by atoms with van der Waals surface area (Å²) in [6.45, 7) is 21.7. The van der Waals surface area contributed by atoms with Gasteiger partial charge in [-0.2, -0.15) is 0 Å². The zero-order chi connectivity index (χ0) is 23.0. The van der Waals surface area contributed by atoms with Crippen molar-refractivity contribution >= 4 is 0 Å². The van der Waals surface area contributed by atoms with E-state index in [-0.39, 0.29) is 0 Å². The van der Waals surface area contributed by atoms with Gasteiger partial charge in [0, 0.05) is 44.3 Å². The van der Waals surface area contributed by atoms with E-state index in [1.54, 1.807) is 0 Å². The molecule has 0 bridgehead atoms. The van der Waals surface area contributed by atoms with Crippen LogP contribution in [0.3, 0.4) is 0 Å². The van der Waals surface area contributed by atoms with E-state index in [4.69, 9.17) is 0 Å². The molecule has 0 spiro atoms. The molecule has 1 aromatic carbocycles. The van der Waals surface area contributed by atoms with Gasteiger partial charge in [-0.25, -0.2) is 0 Å². The van der Waals surface area contributed by atoms with Gasteiger partial charge in [0.05, 0.1) is 0 Å². The van der Waals surface area contributed by atoms with Gasteiger partial charge in [-0.15, -0.1) is 0 Å². The molecule has 4 rings (SSSR count). The fourth-order valence-electron chi connectivity index (χ4n) is 4.71. The standard InChI is InChI=1S/C12H17N.C8H17N.C7H16N2/c1-9(2)12-7-10-5-3-4-6-11(10)8-13-12;1-8(2,3)7-5-6-9(7)4;1-6(2)7-5-8-3-4-9-7/h3-6,9,12-13H,7-8H2,1-2H3;7H,5-6H2,1-4H3;6-9H,3-5H2,1-2H3. The molecule has 0 aromatic heterocycles.